The van der Waals surface area contributed by atoms with Gasteiger partial charge in [0.2, 0.25) is 0 Å². The van der Waals surface area contributed by atoms with E-state index in [0.29, 0.717) is 12.5 Å². The number of imidazole rings is 1. The van der Waals surface area contributed by atoms with Crippen molar-refractivity contribution in [3.8, 4) is 0 Å². The van der Waals surface area contributed by atoms with Gasteiger partial charge in [-0.25, -0.2) is 9.97 Å². The standard InChI is InChI=1S/C14H16N6/c1-19-8-16-13(18-19)7-20-12-5-4-10(15)6-11(12)17-14(20)9-2-3-9/h4-6,8-9H,2-3,7,15H2,1H3. The number of hydrogen-bond donors (Lipinski definition) is 1. The summed E-state index contributed by atoms with van der Waals surface area (Å²) < 4.78 is 3.95. The van der Waals surface area contributed by atoms with Crippen LogP contribution >= 0.6 is 0 Å². The topological polar surface area (TPSA) is 74.5 Å². The Morgan fingerprint density at radius 1 is 1.35 bits per heavy atom. The largest absolute Gasteiger partial charge is 0.399 e. The molecular weight excluding hydrogens is 252 g/mol. The molecule has 0 bridgehead atoms. The lowest BCUT2D eigenvalue weighted by molar-refractivity contribution is 0.685. The summed E-state index contributed by atoms with van der Waals surface area (Å²) in [7, 11) is 1.88. The monoisotopic (exact) mass is 268 g/mol. The normalized spacial score (nSPS) is 15.1. The van der Waals surface area contributed by atoms with E-state index in [1.54, 1.807) is 11.0 Å². The van der Waals surface area contributed by atoms with Crippen LogP contribution in [0.2, 0.25) is 0 Å². The van der Waals surface area contributed by atoms with Crippen LogP contribution in [-0.4, -0.2) is 24.3 Å². The van der Waals surface area contributed by atoms with Crippen molar-refractivity contribution >= 4 is 16.7 Å². The second kappa shape index (κ2) is 4.06. The third kappa shape index (κ3) is 1.84. The second-order valence-corrected chi connectivity index (χ2v) is 5.41. The first-order chi connectivity index (χ1) is 9.70. The maximum atomic E-state index is 5.85. The highest BCUT2D eigenvalue weighted by molar-refractivity contribution is 5.80. The first kappa shape index (κ1) is 11.5. The summed E-state index contributed by atoms with van der Waals surface area (Å²) in [5, 5.41) is 4.36. The molecule has 2 heterocycles. The molecule has 0 atom stereocenters. The lowest BCUT2D eigenvalue weighted by Gasteiger charge is -2.06. The molecule has 2 N–H and O–H groups in total. The SMILES string of the molecule is Cn1cnc(Cn2c(C3CC3)nc3cc(N)ccc32)n1. The van der Waals surface area contributed by atoms with Gasteiger partial charge in [-0.3, -0.25) is 4.68 Å². The molecule has 1 fully saturated rings. The number of benzene rings is 1. The Kier molecular flexibility index (Phi) is 2.33. The number of hydrogen-bond acceptors (Lipinski definition) is 4. The van der Waals surface area contributed by atoms with Crippen molar-refractivity contribution in [2.75, 3.05) is 5.73 Å². The van der Waals surface area contributed by atoms with E-state index < -0.39 is 0 Å². The summed E-state index contributed by atoms with van der Waals surface area (Å²) in [5.41, 5.74) is 8.67. The van der Waals surface area contributed by atoms with Crippen LogP contribution in [0, 0.1) is 0 Å². The number of nitrogens with zero attached hydrogens (tertiary/aromatic N) is 5. The van der Waals surface area contributed by atoms with Crippen LogP contribution in [0.4, 0.5) is 5.69 Å². The highest BCUT2D eigenvalue weighted by Crippen LogP contribution is 2.41. The molecule has 2 aromatic heterocycles. The number of nitrogens with two attached hydrogens (primary N) is 1. The van der Waals surface area contributed by atoms with Gasteiger partial charge in [0, 0.05) is 18.7 Å². The Labute approximate surface area is 116 Å². The third-order valence-electron chi connectivity index (χ3n) is 3.69. The third-order valence-corrected chi connectivity index (χ3v) is 3.69. The van der Waals surface area contributed by atoms with Crippen LogP contribution in [0.25, 0.3) is 11.0 Å². The van der Waals surface area contributed by atoms with Gasteiger partial charge in [-0.2, -0.15) is 5.10 Å². The van der Waals surface area contributed by atoms with Gasteiger partial charge >= 0.3 is 0 Å². The maximum absolute atomic E-state index is 5.85. The zero-order valence-corrected chi connectivity index (χ0v) is 11.3. The number of nitrogen functional groups attached to an aromatic ring is 1. The summed E-state index contributed by atoms with van der Waals surface area (Å²) >= 11 is 0. The summed E-state index contributed by atoms with van der Waals surface area (Å²) in [6, 6.07) is 5.89. The van der Waals surface area contributed by atoms with Gasteiger partial charge in [0.15, 0.2) is 5.82 Å². The average Bonchev–Trinajstić information content (AvgIpc) is 3.10. The molecule has 1 aliphatic carbocycles. The van der Waals surface area contributed by atoms with Crippen molar-refractivity contribution in [2.24, 2.45) is 7.05 Å². The van der Waals surface area contributed by atoms with Gasteiger partial charge in [-0.1, -0.05) is 0 Å². The molecule has 6 nitrogen and oxygen atoms in total. The minimum absolute atomic E-state index is 0.576. The predicted molar refractivity (Wildman–Crippen MR) is 76.2 cm³/mol. The summed E-state index contributed by atoms with van der Waals surface area (Å²) in [5.74, 6) is 2.52. The van der Waals surface area contributed by atoms with Gasteiger partial charge in [0.1, 0.15) is 12.2 Å². The fourth-order valence-electron chi connectivity index (χ4n) is 2.58. The van der Waals surface area contributed by atoms with Crippen molar-refractivity contribution in [3.05, 3.63) is 36.2 Å². The van der Waals surface area contributed by atoms with Gasteiger partial charge in [0.05, 0.1) is 17.6 Å². The molecule has 0 amide bonds. The average molecular weight is 268 g/mol. The summed E-state index contributed by atoms with van der Waals surface area (Å²) in [6.45, 7) is 0.660. The Hall–Kier alpha value is -2.37. The molecule has 0 unspecified atom stereocenters. The Bertz CT molecular complexity index is 780. The van der Waals surface area contributed by atoms with Crippen molar-refractivity contribution < 1.29 is 0 Å². The zero-order chi connectivity index (χ0) is 13.7. The number of fused-ring (bicyclic) bond motifs is 1. The zero-order valence-electron chi connectivity index (χ0n) is 11.3. The summed E-state index contributed by atoms with van der Waals surface area (Å²) in [6.07, 6.45) is 4.16. The van der Waals surface area contributed by atoms with E-state index in [9.17, 15) is 0 Å². The number of anilines is 1. The van der Waals surface area contributed by atoms with Gasteiger partial charge in [0.25, 0.3) is 0 Å². The van der Waals surface area contributed by atoms with E-state index in [2.05, 4.69) is 14.6 Å². The van der Waals surface area contributed by atoms with E-state index in [0.717, 1.165) is 28.4 Å². The number of aryl methyl sites for hydroxylation is 1. The summed E-state index contributed by atoms with van der Waals surface area (Å²) in [4.78, 5) is 9.07. The Morgan fingerprint density at radius 2 is 2.20 bits per heavy atom. The quantitative estimate of drug-likeness (QED) is 0.733. The first-order valence-electron chi connectivity index (χ1n) is 6.81. The molecule has 0 spiro atoms. The van der Waals surface area contributed by atoms with Crippen molar-refractivity contribution in [3.63, 3.8) is 0 Å². The van der Waals surface area contributed by atoms with E-state index in [1.807, 2.05) is 25.2 Å². The van der Waals surface area contributed by atoms with E-state index in [1.165, 1.54) is 12.8 Å². The van der Waals surface area contributed by atoms with E-state index in [-0.39, 0.29) is 0 Å². The van der Waals surface area contributed by atoms with Gasteiger partial charge in [-0.15, -0.1) is 0 Å². The van der Waals surface area contributed by atoms with Crippen LogP contribution < -0.4 is 5.73 Å². The highest BCUT2D eigenvalue weighted by Gasteiger charge is 2.29. The fourth-order valence-corrected chi connectivity index (χ4v) is 2.58. The molecule has 0 radical (unpaired) electrons. The first-order valence-corrected chi connectivity index (χ1v) is 6.81. The smallest absolute Gasteiger partial charge is 0.170 e. The molecule has 0 saturated heterocycles. The van der Waals surface area contributed by atoms with Crippen molar-refractivity contribution in [1.82, 2.24) is 24.3 Å². The molecule has 102 valence electrons. The van der Waals surface area contributed by atoms with E-state index >= 15 is 0 Å². The molecule has 0 aliphatic heterocycles. The number of aromatic nitrogens is 5. The van der Waals surface area contributed by atoms with Crippen LogP contribution in [0.3, 0.4) is 0 Å². The Morgan fingerprint density at radius 3 is 2.90 bits per heavy atom. The lowest BCUT2D eigenvalue weighted by Crippen LogP contribution is -2.06. The predicted octanol–water partition coefficient (Wildman–Crippen LogP) is 1.67. The van der Waals surface area contributed by atoms with Crippen LogP contribution in [-0.2, 0) is 13.6 Å². The molecular formula is C14H16N6. The van der Waals surface area contributed by atoms with Gasteiger partial charge < -0.3 is 10.3 Å². The molecule has 4 rings (SSSR count). The Balaban J connectivity index is 1.84. The minimum atomic E-state index is 0.576. The molecule has 3 aromatic rings. The van der Waals surface area contributed by atoms with Gasteiger partial charge in [-0.05, 0) is 31.0 Å². The van der Waals surface area contributed by atoms with Crippen molar-refractivity contribution in [2.45, 2.75) is 25.3 Å². The lowest BCUT2D eigenvalue weighted by atomic mass is 10.3. The maximum Gasteiger partial charge on any atom is 0.170 e. The molecule has 1 aromatic carbocycles. The number of rotatable bonds is 3. The second-order valence-electron chi connectivity index (χ2n) is 5.41. The molecule has 1 saturated carbocycles. The van der Waals surface area contributed by atoms with E-state index in [4.69, 9.17) is 10.7 Å². The van der Waals surface area contributed by atoms with Crippen LogP contribution in [0.5, 0.6) is 0 Å². The highest BCUT2D eigenvalue weighted by atomic mass is 15.3. The molecule has 1 aliphatic rings. The van der Waals surface area contributed by atoms with Crippen LogP contribution in [0.1, 0.15) is 30.4 Å². The molecule has 20 heavy (non-hydrogen) atoms. The van der Waals surface area contributed by atoms with Crippen LogP contribution in [0.15, 0.2) is 24.5 Å². The fraction of sp³-hybridized carbons (Fsp3) is 0.357. The van der Waals surface area contributed by atoms with Crippen molar-refractivity contribution in [1.29, 1.82) is 0 Å². The minimum Gasteiger partial charge on any atom is -0.399 e. The molecule has 6 heteroatoms.